The molecule has 0 aliphatic rings. The van der Waals surface area contributed by atoms with Crippen molar-refractivity contribution in [2.24, 2.45) is 0 Å². The fraction of sp³-hybridized carbons (Fsp3) is 0.125. The standard InChI is InChI=1S/C16H15NO4S/c18-15(10-22-11-16(19)20)17-13-8-4-5-9-14(13)21-12-6-2-1-3-7-12/h1-9H,10-11H2,(H,17,18)(H,19,20)/p-1. The van der Waals surface area contributed by atoms with Crippen LogP contribution in [0.15, 0.2) is 54.6 Å². The number of carbonyl (C=O) groups excluding carboxylic acids is 2. The molecule has 0 fully saturated rings. The number of hydrogen-bond donors (Lipinski definition) is 1. The Morgan fingerprint density at radius 1 is 1.00 bits per heavy atom. The van der Waals surface area contributed by atoms with Crippen molar-refractivity contribution in [2.75, 3.05) is 16.8 Å². The van der Waals surface area contributed by atoms with E-state index in [9.17, 15) is 14.7 Å². The van der Waals surface area contributed by atoms with E-state index in [1.165, 1.54) is 0 Å². The van der Waals surface area contributed by atoms with Gasteiger partial charge in [0.1, 0.15) is 5.75 Å². The van der Waals surface area contributed by atoms with Gasteiger partial charge in [-0.25, -0.2) is 0 Å². The number of benzene rings is 2. The van der Waals surface area contributed by atoms with Gasteiger partial charge in [0.05, 0.1) is 17.4 Å². The quantitative estimate of drug-likeness (QED) is 0.844. The zero-order chi connectivity index (χ0) is 15.8. The summed E-state index contributed by atoms with van der Waals surface area (Å²) in [5.41, 5.74) is 0.533. The van der Waals surface area contributed by atoms with Crippen molar-refractivity contribution >= 4 is 29.3 Å². The number of para-hydroxylation sites is 3. The maximum atomic E-state index is 11.8. The van der Waals surface area contributed by atoms with Crippen LogP contribution in [0.1, 0.15) is 0 Å². The van der Waals surface area contributed by atoms with Gasteiger partial charge in [0, 0.05) is 5.75 Å². The van der Waals surface area contributed by atoms with Crippen molar-refractivity contribution < 1.29 is 19.4 Å². The summed E-state index contributed by atoms with van der Waals surface area (Å²) < 4.78 is 5.73. The van der Waals surface area contributed by atoms with Crippen molar-refractivity contribution in [3.05, 3.63) is 54.6 Å². The molecule has 1 amide bonds. The number of rotatable bonds is 7. The molecular weight excluding hydrogens is 302 g/mol. The first kappa shape index (κ1) is 15.9. The number of carbonyl (C=O) groups is 2. The second-order valence-corrected chi connectivity index (χ2v) is 5.31. The number of nitrogens with one attached hydrogen (secondary N) is 1. The lowest BCUT2D eigenvalue weighted by atomic mass is 10.3. The van der Waals surface area contributed by atoms with E-state index in [0.717, 1.165) is 11.8 Å². The molecule has 114 valence electrons. The highest BCUT2D eigenvalue weighted by Crippen LogP contribution is 2.29. The zero-order valence-electron chi connectivity index (χ0n) is 11.7. The van der Waals surface area contributed by atoms with Crippen LogP contribution in [0.2, 0.25) is 0 Å². The van der Waals surface area contributed by atoms with E-state index in [0.29, 0.717) is 17.2 Å². The molecule has 2 aromatic carbocycles. The third kappa shape index (κ3) is 5.14. The van der Waals surface area contributed by atoms with Crippen molar-refractivity contribution in [3.63, 3.8) is 0 Å². The SMILES string of the molecule is O=C([O-])CSCC(=O)Nc1ccccc1Oc1ccccc1. The smallest absolute Gasteiger partial charge is 0.234 e. The Labute approximate surface area is 132 Å². The van der Waals surface area contributed by atoms with E-state index < -0.39 is 5.97 Å². The van der Waals surface area contributed by atoms with Crippen LogP contribution in [-0.2, 0) is 9.59 Å². The largest absolute Gasteiger partial charge is 0.549 e. The zero-order valence-corrected chi connectivity index (χ0v) is 12.5. The van der Waals surface area contributed by atoms with E-state index in [1.54, 1.807) is 24.3 Å². The number of carboxylic acids is 1. The van der Waals surface area contributed by atoms with Crippen LogP contribution < -0.4 is 15.2 Å². The first-order chi connectivity index (χ1) is 10.6. The summed E-state index contributed by atoms with van der Waals surface area (Å²) in [5, 5.41) is 13.0. The molecule has 0 aromatic heterocycles. The van der Waals surface area contributed by atoms with E-state index in [-0.39, 0.29) is 17.4 Å². The summed E-state index contributed by atoms with van der Waals surface area (Å²) in [6, 6.07) is 16.3. The highest BCUT2D eigenvalue weighted by atomic mass is 32.2. The van der Waals surface area contributed by atoms with Crippen LogP contribution >= 0.6 is 11.8 Å². The molecule has 0 aliphatic heterocycles. The second-order valence-electron chi connectivity index (χ2n) is 4.32. The lowest BCUT2D eigenvalue weighted by molar-refractivity contribution is -0.301. The van der Waals surface area contributed by atoms with E-state index in [4.69, 9.17) is 4.74 Å². The monoisotopic (exact) mass is 316 g/mol. The number of thioether (sulfide) groups is 1. The fourth-order valence-corrected chi connectivity index (χ4v) is 2.21. The number of aliphatic carboxylic acids is 1. The summed E-state index contributed by atoms with van der Waals surface area (Å²) in [6.45, 7) is 0. The maximum Gasteiger partial charge on any atom is 0.234 e. The van der Waals surface area contributed by atoms with Crippen LogP contribution in [0.25, 0.3) is 0 Å². The number of anilines is 1. The summed E-state index contributed by atoms with van der Waals surface area (Å²) in [7, 11) is 0. The molecule has 5 nitrogen and oxygen atoms in total. The van der Waals surface area contributed by atoms with Gasteiger partial charge >= 0.3 is 0 Å². The number of carboxylic acid groups (broad SMARTS) is 1. The number of ether oxygens (including phenoxy) is 1. The molecule has 2 rings (SSSR count). The third-order valence-electron chi connectivity index (χ3n) is 2.59. The molecule has 0 radical (unpaired) electrons. The average molecular weight is 316 g/mol. The van der Waals surface area contributed by atoms with Crippen LogP contribution in [0, 0.1) is 0 Å². The number of hydrogen-bond acceptors (Lipinski definition) is 5. The fourth-order valence-electron chi connectivity index (χ4n) is 1.69. The molecule has 0 spiro atoms. The summed E-state index contributed by atoms with van der Waals surface area (Å²) in [4.78, 5) is 22.1. The van der Waals surface area contributed by atoms with E-state index in [1.807, 2.05) is 30.3 Å². The molecule has 0 unspecified atom stereocenters. The normalized spacial score (nSPS) is 10.0. The van der Waals surface area contributed by atoms with Gasteiger partial charge in [0.25, 0.3) is 0 Å². The van der Waals surface area contributed by atoms with Gasteiger partial charge in [-0.2, -0.15) is 0 Å². The minimum atomic E-state index is -1.19. The Morgan fingerprint density at radius 3 is 2.41 bits per heavy atom. The molecule has 0 atom stereocenters. The van der Waals surface area contributed by atoms with E-state index >= 15 is 0 Å². The van der Waals surface area contributed by atoms with Gasteiger partial charge in [-0.3, -0.25) is 4.79 Å². The van der Waals surface area contributed by atoms with Gasteiger partial charge < -0.3 is 20.0 Å². The molecule has 0 aliphatic carbocycles. The summed E-state index contributed by atoms with van der Waals surface area (Å²) in [6.07, 6.45) is 0. The Bertz CT molecular complexity index is 646. The van der Waals surface area contributed by atoms with Crippen molar-refractivity contribution in [1.82, 2.24) is 0 Å². The molecule has 0 saturated heterocycles. The number of amides is 1. The van der Waals surface area contributed by atoms with E-state index in [2.05, 4.69) is 5.32 Å². The maximum absolute atomic E-state index is 11.8. The second kappa shape index (κ2) is 8.09. The van der Waals surface area contributed by atoms with Crippen molar-refractivity contribution in [1.29, 1.82) is 0 Å². The molecule has 0 saturated carbocycles. The molecule has 0 heterocycles. The van der Waals surface area contributed by atoms with Gasteiger partial charge in [0.2, 0.25) is 5.91 Å². The Kier molecular flexibility index (Phi) is 5.85. The van der Waals surface area contributed by atoms with Crippen LogP contribution in [0.5, 0.6) is 11.5 Å². The van der Waals surface area contributed by atoms with Crippen molar-refractivity contribution in [3.8, 4) is 11.5 Å². The van der Waals surface area contributed by atoms with Gasteiger partial charge in [0.15, 0.2) is 5.75 Å². The lowest BCUT2D eigenvalue weighted by Crippen LogP contribution is -2.25. The van der Waals surface area contributed by atoms with Crippen LogP contribution in [0.3, 0.4) is 0 Å². The average Bonchev–Trinajstić information content (AvgIpc) is 2.50. The van der Waals surface area contributed by atoms with Crippen molar-refractivity contribution in [2.45, 2.75) is 0 Å². The lowest BCUT2D eigenvalue weighted by Gasteiger charge is -2.12. The Balaban J connectivity index is 1.99. The minimum Gasteiger partial charge on any atom is -0.549 e. The van der Waals surface area contributed by atoms with Gasteiger partial charge in [-0.15, -0.1) is 11.8 Å². The highest BCUT2D eigenvalue weighted by molar-refractivity contribution is 8.00. The minimum absolute atomic E-state index is 0.0354. The van der Waals surface area contributed by atoms with Crippen LogP contribution in [-0.4, -0.2) is 23.4 Å². The first-order valence-electron chi connectivity index (χ1n) is 6.54. The molecule has 2 aromatic rings. The van der Waals surface area contributed by atoms with Crippen LogP contribution in [0.4, 0.5) is 5.69 Å². The van der Waals surface area contributed by atoms with Gasteiger partial charge in [-0.05, 0) is 24.3 Å². The summed E-state index contributed by atoms with van der Waals surface area (Å²) in [5.74, 6) is -0.480. The predicted molar refractivity (Wildman–Crippen MR) is 83.9 cm³/mol. The Morgan fingerprint density at radius 2 is 1.68 bits per heavy atom. The molecule has 1 N–H and O–H groups in total. The third-order valence-corrected chi connectivity index (χ3v) is 3.49. The topological polar surface area (TPSA) is 78.5 Å². The summed E-state index contributed by atoms with van der Waals surface area (Å²) >= 11 is 0.984. The highest BCUT2D eigenvalue weighted by Gasteiger charge is 2.08. The first-order valence-corrected chi connectivity index (χ1v) is 7.70. The molecule has 6 heteroatoms. The Hall–Kier alpha value is -2.47. The predicted octanol–water partition coefficient (Wildman–Crippen LogP) is 1.90. The van der Waals surface area contributed by atoms with Gasteiger partial charge in [-0.1, -0.05) is 30.3 Å². The molecule has 0 bridgehead atoms. The molecule has 22 heavy (non-hydrogen) atoms. The molecular formula is C16H14NO4S-.